The molecule has 1 saturated heterocycles. The lowest BCUT2D eigenvalue weighted by Gasteiger charge is -2.40. The van der Waals surface area contributed by atoms with E-state index in [1.54, 1.807) is 24.3 Å². The summed E-state index contributed by atoms with van der Waals surface area (Å²) < 4.78 is 39.3. The maximum absolute atomic E-state index is 13.8. The van der Waals surface area contributed by atoms with Crippen LogP contribution in [0.1, 0.15) is 31.4 Å². The Hall–Kier alpha value is -1.42. The van der Waals surface area contributed by atoms with Crippen LogP contribution >= 0.6 is 34.8 Å². The first-order chi connectivity index (χ1) is 16.3. The lowest BCUT2D eigenvalue weighted by Crippen LogP contribution is -2.54. The SMILES string of the molecule is C[C@@H]1CN(CCC(C)(C(=O)NCc2ccc(Cl)c(F)c2)c2ccc(Cl)c(Cl)c2)CCN1S(C)(=O)=O. The molecule has 1 N–H and O–H groups in total. The van der Waals surface area contributed by atoms with Crippen molar-refractivity contribution in [2.24, 2.45) is 0 Å². The van der Waals surface area contributed by atoms with E-state index in [0.717, 1.165) is 0 Å². The summed E-state index contributed by atoms with van der Waals surface area (Å²) in [5.74, 6) is -0.790. The fourth-order valence-electron chi connectivity index (χ4n) is 4.35. The number of hydrogen-bond acceptors (Lipinski definition) is 4. The van der Waals surface area contributed by atoms with Crippen LogP contribution in [0.15, 0.2) is 36.4 Å². The Kier molecular flexibility index (Phi) is 9.10. The van der Waals surface area contributed by atoms with Gasteiger partial charge in [-0.1, -0.05) is 46.9 Å². The van der Waals surface area contributed by atoms with Crippen molar-refractivity contribution < 1.29 is 17.6 Å². The van der Waals surface area contributed by atoms with Gasteiger partial charge in [-0.15, -0.1) is 0 Å². The van der Waals surface area contributed by atoms with Gasteiger partial charge in [0, 0.05) is 32.2 Å². The van der Waals surface area contributed by atoms with Crippen molar-refractivity contribution >= 4 is 50.7 Å². The molecule has 0 radical (unpaired) electrons. The molecule has 0 spiro atoms. The van der Waals surface area contributed by atoms with Crippen molar-refractivity contribution in [3.05, 3.63) is 68.4 Å². The van der Waals surface area contributed by atoms with Gasteiger partial charge in [0.25, 0.3) is 0 Å². The number of benzene rings is 2. The third-order valence-corrected chi connectivity index (χ3v) is 8.94. The fraction of sp³-hybridized carbons (Fsp3) is 0.458. The number of amides is 1. The number of nitrogens with zero attached hydrogens (tertiary/aromatic N) is 2. The number of hydrogen-bond donors (Lipinski definition) is 1. The van der Waals surface area contributed by atoms with Crippen LogP contribution in [0.2, 0.25) is 15.1 Å². The number of halogens is 4. The van der Waals surface area contributed by atoms with E-state index in [4.69, 9.17) is 34.8 Å². The number of sulfonamides is 1. The fourth-order valence-corrected chi connectivity index (χ4v) is 5.90. The molecule has 0 bridgehead atoms. The number of carbonyl (C=O) groups is 1. The van der Waals surface area contributed by atoms with Crippen LogP contribution in [0.25, 0.3) is 0 Å². The van der Waals surface area contributed by atoms with Crippen LogP contribution in [-0.4, -0.2) is 62.0 Å². The molecule has 1 aliphatic heterocycles. The zero-order chi connectivity index (χ0) is 26.0. The van der Waals surface area contributed by atoms with Crippen molar-refractivity contribution in [2.75, 3.05) is 32.4 Å². The Balaban J connectivity index is 1.77. The van der Waals surface area contributed by atoms with Gasteiger partial charge >= 0.3 is 0 Å². The van der Waals surface area contributed by atoms with Crippen molar-refractivity contribution in [1.29, 1.82) is 0 Å². The van der Waals surface area contributed by atoms with E-state index < -0.39 is 21.3 Å². The molecule has 6 nitrogen and oxygen atoms in total. The van der Waals surface area contributed by atoms with Gasteiger partial charge in [-0.05, 0) is 62.2 Å². The van der Waals surface area contributed by atoms with Crippen LogP contribution in [-0.2, 0) is 26.8 Å². The number of carbonyl (C=O) groups excluding carboxylic acids is 1. The molecule has 35 heavy (non-hydrogen) atoms. The summed E-state index contributed by atoms with van der Waals surface area (Å²) in [4.78, 5) is 15.7. The molecule has 192 valence electrons. The van der Waals surface area contributed by atoms with Gasteiger partial charge in [0.2, 0.25) is 15.9 Å². The summed E-state index contributed by atoms with van der Waals surface area (Å²) in [5, 5.41) is 3.67. The van der Waals surface area contributed by atoms with Gasteiger partial charge in [-0.3, -0.25) is 4.79 Å². The molecule has 1 unspecified atom stereocenters. The number of nitrogens with one attached hydrogen (secondary N) is 1. The highest BCUT2D eigenvalue weighted by molar-refractivity contribution is 7.88. The molecule has 1 amide bonds. The molecule has 0 aliphatic carbocycles. The average molecular weight is 565 g/mol. The van der Waals surface area contributed by atoms with E-state index >= 15 is 0 Å². The number of rotatable bonds is 8. The van der Waals surface area contributed by atoms with Crippen molar-refractivity contribution in [1.82, 2.24) is 14.5 Å². The first-order valence-electron chi connectivity index (χ1n) is 11.2. The molecule has 11 heteroatoms. The normalized spacial score (nSPS) is 19.3. The topological polar surface area (TPSA) is 69.7 Å². The second kappa shape index (κ2) is 11.3. The van der Waals surface area contributed by atoms with Crippen molar-refractivity contribution in [3.8, 4) is 0 Å². The van der Waals surface area contributed by atoms with Crippen LogP contribution in [0, 0.1) is 5.82 Å². The summed E-state index contributed by atoms with van der Waals surface area (Å²) in [6, 6.07) is 9.37. The molecular formula is C24H29Cl3FN3O3S. The molecule has 2 aromatic carbocycles. The minimum absolute atomic E-state index is 0.0194. The summed E-state index contributed by atoms with van der Waals surface area (Å²) in [6.07, 6.45) is 1.68. The predicted molar refractivity (Wildman–Crippen MR) is 139 cm³/mol. The third-order valence-electron chi connectivity index (χ3n) is 6.50. The maximum atomic E-state index is 13.8. The molecule has 2 atom stereocenters. The van der Waals surface area contributed by atoms with Crippen LogP contribution in [0.3, 0.4) is 0 Å². The highest BCUT2D eigenvalue weighted by Crippen LogP contribution is 2.33. The van der Waals surface area contributed by atoms with Gasteiger partial charge < -0.3 is 10.2 Å². The van der Waals surface area contributed by atoms with E-state index in [1.165, 1.54) is 22.7 Å². The van der Waals surface area contributed by atoms with Crippen LogP contribution < -0.4 is 5.32 Å². The second-order valence-electron chi connectivity index (χ2n) is 9.17. The standard InChI is InChI=1S/C24H29Cl3FN3O3S/c1-16-15-30(10-11-31(16)35(3,33)34)9-8-24(2,18-5-7-19(25)21(27)13-18)23(32)29-14-17-4-6-20(26)22(28)12-17/h4-7,12-13,16H,8-11,14-15H2,1-3H3,(H,29,32)/t16-,24?/m1/s1. The summed E-state index contributed by atoms with van der Waals surface area (Å²) in [5.41, 5.74) is 0.327. The molecule has 1 fully saturated rings. The Morgan fingerprint density at radius 2 is 1.80 bits per heavy atom. The molecular weight excluding hydrogens is 536 g/mol. The van der Waals surface area contributed by atoms with Crippen LogP contribution in [0.4, 0.5) is 4.39 Å². The minimum Gasteiger partial charge on any atom is -0.351 e. The van der Waals surface area contributed by atoms with Gasteiger partial charge in [-0.25, -0.2) is 12.8 Å². The smallest absolute Gasteiger partial charge is 0.230 e. The summed E-state index contributed by atoms with van der Waals surface area (Å²) >= 11 is 18.1. The van der Waals surface area contributed by atoms with Crippen molar-refractivity contribution in [3.63, 3.8) is 0 Å². The number of piperazine rings is 1. The lowest BCUT2D eigenvalue weighted by atomic mass is 9.78. The largest absolute Gasteiger partial charge is 0.351 e. The first kappa shape index (κ1) is 28.2. The third kappa shape index (κ3) is 6.87. The quantitative estimate of drug-likeness (QED) is 0.504. The van der Waals surface area contributed by atoms with E-state index in [-0.39, 0.29) is 23.5 Å². The van der Waals surface area contributed by atoms with E-state index in [0.29, 0.717) is 53.8 Å². The summed E-state index contributed by atoms with van der Waals surface area (Å²) in [6.45, 7) is 5.95. The molecule has 0 aromatic heterocycles. The van der Waals surface area contributed by atoms with E-state index in [9.17, 15) is 17.6 Å². The maximum Gasteiger partial charge on any atom is 0.230 e. The Morgan fingerprint density at radius 1 is 1.11 bits per heavy atom. The van der Waals surface area contributed by atoms with E-state index in [2.05, 4.69) is 10.2 Å². The Morgan fingerprint density at radius 3 is 2.40 bits per heavy atom. The van der Waals surface area contributed by atoms with Gasteiger partial charge in [0.1, 0.15) is 5.82 Å². The lowest BCUT2D eigenvalue weighted by molar-refractivity contribution is -0.126. The van der Waals surface area contributed by atoms with Crippen LogP contribution in [0.5, 0.6) is 0 Å². The monoisotopic (exact) mass is 563 g/mol. The average Bonchev–Trinajstić information content (AvgIpc) is 2.79. The molecule has 1 heterocycles. The first-order valence-corrected chi connectivity index (χ1v) is 14.2. The highest BCUT2D eigenvalue weighted by atomic mass is 35.5. The Bertz CT molecular complexity index is 1200. The summed E-state index contributed by atoms with van der Waals surface area (Å²) in [7, 11) is -3.27. The zero-order valence-corrected chi connectivity index (χ0v) is 22.9. The molecule has 0 saturated carbocycles. The van der Waals surface area contributed by atoms with Crippen molar-refractivity contribution in [2.45, 2.75) is 38.3 Å². The minimum atomic E-state index is -3.27. The Labute approximate surface area is 221 Å². The highest BCUT2D eigenvalue weighted by Gasteiger charge is 2.37. The molecule has 2 aromatic rings. The zero-order valence-electron chi connectivity index (χ0n) is 19.8. The molecule has 3 rings (SSSR count). The van der Waals surface area contributed by atoms with Gasteiger partial charge in [0.15, 0.2) is 0 Å². The second-order valence-corrected chi connectivity index (χ2v) is 12.3. The van der Waals surface area contributed by atoms with Gasteiger partial charge in [0.05, 0.1) is 26.7 Å². The van der Waals surface area contributed by atoms with E-state index in [1.807, 2.05) is 13.8 Å². The molecule has 1 aliphatic rings. The predicted octanol–water partition coefficient (Wildman–Crippen LogP) is 4.72. The van der Waals surface area contributed by atoms with Gasteiger partial charge in [-0.2, -0.15) is 4.31 Å².